The number of oxazole rings is 1. The van der Waals surface area contributed by atoms with Crippen LogP contribution >= 0.6 is 11.6 Å². The van der Waals surface area contributed by atoms with Crippen LogP contribution in [0.25, 0.3) is 11.5 Å². The first kappa shape index (κ1) is 27.4. The van der Waals surface area contributed by atoms with Gasteiger partial charge in [-0.15, -0.1) is 0 Å². The van der Waals surface area contributed by atoms with Crippen LogP contribution in [0.15, 0.2) is 52.9 Å². The van der Waals surface area contributed by atoms with Crippen LogP contribution in [0.5, 0.6) is 0 Å². The summed E-state index contributed by atoms with van der Waals surface area (Å²) in [6, 6.07) is 15.0. The topological polar surface area (TPSA) is 111 Å². The van der Waals surface area contributed by atoms with Gasteiger partial charge < -0.3 is 19.8 Å². The van der Waals surface area contributed by atoms with Gasteiger partial charge in [0.15, 0.2) is 5.69 Å². The van der Waals surface area contributed by atoms with E-state index in [1.807, 2.05) is 30.3 Å². The molecule has 1 aliphatic carbocycles. The van der Waals surface area contributed by atoms with Crippen LogP contribution in [0, 0.1) is 12.8 Å². The van der Waals surface area contributed by atoms with Crippen molar-refractivity contribution in [2.75, 3.05) is 19.0 Å². The zero-order chi connectivity index (χ0) is 27.1. The minimum Gasteiger partial charge on any atom is -0.469 e. The maximum Gasteiger partial charge on any atom is 0.305 e. The molecule has 0 atom stereocenters. The Kier molecular flexibility index (Phi) is 9.18. The van der Waals surface area contributed by atoms with Crippen molar-refractivity contribution in [2.24, 2.45) is 5.92 Å². The molecule has 0 unspecified atom stereocenters. The highest BCUT2D eigenvalue weighted by Gasteiger charge is 2.24. The molecule has 1 aliphatic rings. The molecule has 0 radical (unpaired) electrons. The molecule has 0 bridgehead atoms. The molecule has 200 valence electrons. The zero-order valence-electron chi connectivity index (χ0n) is 21.6. The van der Waals surface area contributed by atoms with E-state index >= 15 is 0 Å². The smallest absolute Gasteiger partial charge is 0.305 e. The molecule has 2 N–H and O–H groups in total. The van der Waals surface area contributed by atoms with Crippen LogP contribution in [-0.4, -0.2) is 36.4 Å². The highest BCUT2D eigenvalue weighted by molar-refractivity contribution is 6.33. The first-order chi connectivity index (χ1) is 18.3. The van der Waals surface area contributed by atoms with Crippen LogP contribution in [-0.2, 0) is 14.3 Å². The number of esters is 1. The predicted molar refractivity (Wildman–Crippen MR) is 145 cm³/mol. The van der Waals surface area contributed by atoms with Crippen LogP contribution in [0.3, 0.4) is 0 Å². The fraction of sp³-hybridized carbons (Fsp3) is 0.379. The molecule has 3 aromatic rings. The number of benzene rings is 2. The van der Waals surface area contributed by atoms with Gasteiger partial charge in [0, 0.05) is 25.1 Å². The second-order valence-corrected chi connectivity index (χ2v) is 9.98. The summed E-state index contributed by atoms with van der Waals surface area (Å²) in [5.74, 6) is 0.757. The van der Waals surface area contributed by atoms with Crippen molar-refractivity contribution in [1.82, 2.24) is 10.3 Å². The van der Waals surface area contributed by atoms with Crippen LogP contribution in [0.1, 0.15) is 66.3 Å². The minimum absolute atomic E-state index is 0.117. The highest BCUT2D eigenvalue weighted by atomic mass is 35.5. The Hall–Kier alpha value is -3.65. The molecule has 1 aromatic heterocycles. The lowest BCUT2D eigenvalue weighted by molar-refractivity contribution is -0.142. The number of nitrogens with one attached hydrogen (secondary N) is 2. The first-order valence-electron chi connectivity index (χ1n) is 12.8. The fourth-order valence-electron chi connectivity index (χ4n) is 4.81. The van der Waals surface area contributed by atoms with E-state index in [9.17, 15) is 14.4 Å². The van der Waals surface area contributed by atoms with Crippen molar-refractivity contribution in [3.8, 4) is 11.5 Å². The van der Waals surface area contributed by atoms with Crippen molar-refractivity contribution >= 4 is 35.1 Å². The van der Waals surface area contributed by atoms with Crippen LogP contribution in [0.4, 0.5) is 5.69 Å². The normalized spacial score (nSPS) is 17.0. The molecule has 8 nitrogen and oxygen atoms in total. The summed E-state index contributed by atoms with van der Waals surface area (Å²) in [5.41, 5.74) is 2.72. The molecule has 0 aliphatic heterocycles. The zero-order valence-corrected chi connectivity index (χ0v) is 22.3. The second-order valence-electron chi connectivity index (χ2n) is 9.58. The van der Waals surface area contributed by atoms with E-state index in [2.05, 4.69) is 15.6 Å². The molecule has 2 aromatic carbocycles. The maximum absolute atomic E-state index is 12.6. The number of aromatic nitrogens is 1. The molecular weight excluding hydrogens is 506 g/mol. The highest BCUT2D eigenvalue weighted by Crippen LogP contribution is 2.37. The van der Waals surface area contributed by atoms with Gasteiger partial charge in [0.05, 0.1) is 17.7 Å². The molecule has 9 heteroatoms. The lowest BCUT2D eigenvalue weighted by Crippen LogP contribution is -2.28. The monoisotopic (exact) mass is 537 g/mol. The van der Waals surface area contributed by atoms with Crippen molar-refractivity contribution < 1.29 is 23.5 Å². The largest absolute Gasteiger partial charge is 0.469 e. The lowest BCUT2D eigenvalue weighted by atomic mass is 9.77. The van der Waals surface area contributed by atoms with E-state index in [1.165, 1.54) is 12.7 Å². The number of hydrogen-bond acceptors (Lipinski definition) is 6. The van der Waals surface area contributed by atoms with Gasteiger partial charge in [-0.3, -0.25) is 14.4 Å². The quantitative estimate of drug-likeness (QED) is 0.329. The molecule has 1 saturated carbocycles. The summed E-state index contributed by atoms with van der Waals surface area (Å²) in [5, 5.41) is 6.08. The van der Waals surface area contributed by atoms with Gasteiger partial charge >= 0.3 is 5.97 Å². The van der Waals surface area contributed by atoms with E-state index in [-0.39, 0.29) is 36.4 Å². The van der Waals surface area contributed by atoms with Gasteiger partial charge in [-0.05, 0) is 74.3 Å². The molecule has 0 spiro atoms. The number of halogens is 1. The Morgan fingerprint density at radius 3 is 2.45 bits per heavy atom. The first-order valence-corrected chi connectivity index (χ1v) is 13.2. The Morgan fingerprint density at radius 1 is 1.05 bits per heavy atom. The molecule has 1 heterocycles. The Balaban J connectivity index is 1.22. The summed E-state index contributed by atoms with van der Waals surface area (Å²) in [4.78, 5) is 40.8. The predicted octanol–water partition coefficient (Wildman–Crippen LogP) is 5.90. The van der Waals surface area contributed by atoms with E-state index in [4.69, 9.17) is 20.8 Å². The number of carbonyl (C=O) groups excluding carboxylic acids is 3. The summed E-state index contributed by atoms with van der Waals surface area (Å²) in [6.45, 7) is 1.82. The van der Waals surface area contributed by atoms with E-state index in [0.29, 0.717) is 40.3 Å². The SMILES string of the molecule is COC(=O)CC1CCC(c2ccc(NC(=O)CCNC(=O)c3nc(-c4ccccc4Cl)oc3C)cc2)CC1. The van der Waals surface area contributed by atoms with E-state index < -0.39 is 5.91 Å². The number of methoxy groups -OCH3 is 1. The number of anilines is 1. The Labute approximate surface area is 227 Å². The van der Waals surface area contributed by atoms with E-state index in [0.717, 1.165) is 25.7 Å². The molecule has 38 heavy (non-hydrogen) atoms. The summed E-state index contributed by atoms with van der Waals surface area (Å²) >= 11 is 6.20. The number of aryl methyl sites for hydroxylation is 1. The number of amides is 2. The number of hydrogen-bond donors (Lipinski definition) is 2. The van der Waals surface area contributed by atoms with Crippen molar-refractivity contribution in [3.63, 3.8) is 0 Å². The summed E-state index contributed by atoms with van der Waals surface area (Å²) < 4.78 is 10.4. The summed E-state index contributed by atoms with van der Waals surface area (Å²) in [6.07, 6.45) is 4.72. The number of nitrogens with zero attached hydrogens (tertiary/aromatic N) is 1. The standard InChI is InChI=1S/C29H32ClN3O5/c1-18-27(33-29(38-18)23-5-3-4-6-24(23)30)28(36)31-16-15-25(34)32-22-13-11-21(12-14-22)20-9-7-19(8-10-20)17-26(35)37-2/h3-6,11-14,19-20H,7-10,15-17H2,1-2H3,(H,31,36)(H,32,34). The molecular formula is C29H32ClN3O5. The average molecular weight is 538 g/mol. The van der Waals surface area contributed by atoms with Gasteiger partial charge in [-0.25, -0.2) is 4.98 Å². The van der Waals surface area contributed by atoms with Crippen LogP contribution < -0.4 is 10.6 Å². The number of rotatable bonds is 9. The van der Waals surface area contributed by atoms with Crippen molar-refractivity contribution in [2.45, 2.75) is 51.4 Å². The Morgan fingerprint density at radius 2 is 1.76 bits per heavy atom. The average Bonchev–Trinajstić information content (AvgIpc) is 3.31. The third kappa shape index (κ3) is 7.01. The molecule has 0 saturated heterocycles. The number of carbonyl (C=O) groups is 3. The lowest BCUT2D eigenvalue weighted by Gasteiger charge is -2.28. The molecule has 1 fully saturated rings. The molecule has 4 rings (SSSR count). The third-order valence-electron chi connectivity index (χ3n) is 6.95. The van der Waals surface area contributed by atoms with E-state index in [1.54, 1.807) is 25.1 Å². The fourth-order valence-corrected chi connectivity index (χ4v) is 5.03. The maximum atomic E-state index is 12.6. The van der Waals surface area contributed by atoms with Gasteiger partial charge in [0.1, 0.15) is 5.76 Å². The third-order valence-corrected chi connectivity index (χ3v) is 7.28. The number of ether oxygens (including phenoxy) is 1. The van der Waals surface area contributed by atoms with Gasteiger partial charge in [0.2, 0.25) is 11.8 Å². The van der Waals surface area contributed by atoms with Crippen molar-refractivity contribution in [3.05, 3.63) is 70.6 Å². The minimum atomic E-state index is -0.414. The summed E-state index contributed by atoms with van der Waals surface area (Å²) in [7, 11) is 1.43. The second kappa shape index (κ2) is 12.7. The van der Waals surface area contributed by atoms with Crippen molar-refractivity contribution in [1.29, 1.82) is 0 Å². The van der Waals surface area contributed by atoms with Crippen LogP contribution in [0.2, 0.25) is 5.02 Å². The Bertz CT molecular complexity index is 1280. The van der Waals surface area contributed by atoms with Gasteiger partial charge in [-0.2, -0.15) is 0 Å². The van der Waals surface area contributed by atoms with Gasteiger partial charge in [-0.1, -0.05) is 35.9 Å². The molecule has 2 amide bonds. The van der Waals surface area contributed by atoms with Gasteiger partial charge in [0.25, 0.3) is 5.91 Å².